The Labute approximate surface area is 211 Å². The van der Waals surface area contributed by atoms with Crippen LogP contribution in [0.4, 0.5) is 0 Å². The lowest BCUT2D eigenvalue weighted by atomic mass is 9.93. The van der Waals surface area contributed by atoms with Crippen LogP contribution in [0.5, 0.6) is 0 Å². The lowest BCUT2D eigenvalue weighted by Crippen LogP contribution is -2.40. The van der Waals surface area contributed by atoms with Crippen LogP contribution in [0.15, 0.2) is 106 Å². The van der Waals surface area contributed by atoms with Gasteiger partial charge in [0.2, 0.25) is 0 Å². The maximum atomic E-state index is 12.8. The van der Waals surface area contributed by atoms with Gasteiger partial charge in [-0.2, -0.15) is 25.3 Å². The van der Waals surface area contributed by atoms with Gasteiger partial charge in [-0.05, 0) is 36.4 Å². The van der Waals surface area contributed by atoms with Crippen LogP contribution in [0.2, 0.25) is 0 Å². The Kier molecular flexibility index (Phi) is 7.93. The summed E-state index contributed by atoms with van der Waals surface area (Å²) < 4.78 is 92.9. The van der Waals surface area contributed by atoms with E-state index >= 15 is 0 Å². The molecule has 0 unspecified atom stereocenters. The summed E-state index contributed by atoms with van der Waals surface area (Å²) >= 11 is 0. The highest BCUT2D eigenvalue weighted by Gasteiger charge is 2.38. The Morgan fingerprint density at radius 1 is 0.417 bits per heavy atom. The molecule has 0 amide bonds. The molecule has 12 heteroatoms. The Bertz CT molecular complexity index is 1280. The quantitative estimate of drug-likeness (QED) is 0.366. The smallest absolute Gasteiger partial charge is 0.263 e. The topological polar surface area (TPSA) is 130 Å². The third-order valence-electron chi connectivity index (χ3n) is 5.46. The van der Waals surface area contributed by atoms with Gasteiger partial charge < -0.3 is 0 Å². The molecule has 0 bridgehead atoms. The maximum Gasteiger partial charge on any atom is 0.297 e. The van der Waals surface area contributed by atoms with Gasteiger partial charge >= 0.3 is 0 Å². The van der Waals surface area contributed by atoms with Gasteiger partial charge in [0.05, 0.1) is 33.0 Å². The van der Waals surface area contributed by atoms with Crippen LogP contribution in [-0.4, -0.2) is 43.6 Å². The zero-order valence-electron chi connectivity index (χ0n) is 18.9. The Morgan fingerprint density at radius 2 is 0.639 bits per heavy atom. The van der Waals surface area contributed by atoms with Crippen molar-refractivity contribution in [3.63, 3.8) is 0 Å². The van der Waals surface area contributed by atoms with Crippen LogP contribution in [0, 0.1) is 0 Å². The molecule has 0 radical (unpaired) electrons. The van der Waals surface area contributed by atoms with Gasteiger partial charge in [0, 0.05) is 19.3 Å². The van der Waals surface area contributed by atoms with E-state index in [1.165, 1.54) is 72.8 Å². The second-order valence-corrected chi connectivity index (χ2v) is 12.9. The average molecular weight is 553 g/mol. The fourth-order valence-electron chi connectivity index (χ4n) is 3.87. The number of rotatable bonds is 9. The number of hydrogen-bond donors (Lipinski definition) is 0. The molecule has 9 nitrogen and oxygen atoms in total. The molecular formula is C24H24O9S3. The van der Waals surface area contributed by atoms with Crippen LogP contribution in [0.25, 0.3) is 0 Å². The molecule has 4 rings (SSSR count). The van der Waals surface area contributed by atoms with Crippen molar-refractivity contribution < 1.29 is 37.8 Å². The summed E-state index contributed by atoms with van der Waals surface area (Å²) in [5.74, 6) is 0. The van der Waals surface area contributed by atoms with E-state index in [4.69, 9.17) is 12.5 Å². The highest BCUT2D eigenvalue weighted by Crippen LogP contribution is 2.32. The van der Waals surface area contributed by atoms with Crippen molar-refractivity contribution in [3.8, 4) is 0 Å². The van der Waals surface area contributed by atoms with E-state index in [0.29, 0.717) is 0 Å². The largest absolute Gasteiger partial charge is 0.297 e. The molecule has 0 aliphatic heterocycles. The summed E-state index contributed by atoms with van der Waals surface area (Å²) in [4.78, 5) is -0.252. The molecule has 1 aliphatic carbocycles. The molecular weight excluding hydrogens is 528 g/mol. The van der Waals surface area contributed by atoms with E-state index in [-0.39, 0.29) is 33.9 Å². The molecule has 1 aliphatic rings. The monoisotopic (exact) mass is 552 g/mol. The van der Waals surface area contributed by atoms with Crippen molar-refractivity contribution in [2.45, 2.75) is 52.3 Å². The SMILES string of the molecule is O=S(=O)(OC1CC(OS(=O)(=O)c2ccccc2)CC(OS(=O)(=O)c2ccccc2)C1)c1ccccc1. The first-order valence-corrected chi connectivity index (χ1v) is 15.2. The molecule has 0 aromatic heterocycles. The zero-order valence-corrected chi connectivity index (χ0v) is 21.4. The molecule has 0 N–H and O–H groups in total. The molecule has 0 heterocycles. The van der Waals surface area contributed by atoms with Gasteiger partial charge in [0.25, 0.3) is 30.4 Å². The van der Waals surface area contributed by atoms with Crippen molar-refractivity contribution >= 4 is 30.4 Å². The summed E-state index contributed by atoms with van der Waals surface area (Å²) in [6.07, 6.45) is -3.58. The maximum absolute atomic E-state index is 12.8. The first-order chi connectivity index (χ1) is 17.1. The van der Waals surface area contributed by atoms with E-state index in [1.807, 2.05) is 0 Å². The Hall–Kier alpha value is -2.61. The second-order valence-electron chi connectivity index (χ2n) is 8.16. The van der Waals surface area contributed by atoms with Crippen molar-refractivity contribution in [2.75, 3.05) is 0 Å². The predicted molar refractivity (Wildman–Crippen MR) is 129 cm³/mol. The normalized spacial score (nSPS) is 21.2. The van der Waals surface area contributed by atoms with Gasteiger partial charge in [-0.25, -0.2) is 0 Å². The molecule has 1 fully saturated rings. The van der Waals surface area contributed by atoms with Gasteiger partial charge in [-0.3, -0.25) is 12.5 Å². The van der Waals surface area contributed by atoms with Crippen LogP contribution < -0.4 is 0 Å². The molecule has 3 aromatic carbocycles. The van der Waals surface area contributed by atoms with E-state index in [9.17, 15) is 25.3 Å². The highest BCUT2D eigenvalue weighted by atomic mass is 32.2. The average Bonchev–Trinajstić information content (AvgIpc) is 2.85. The minimum absolute atomic E-state index is 0.0840. The first kappa shape index (κ1) is 26.5. The summed E-state index contributed by atoms with van der Waals surface area (Å²) in [6, 6.07) is 22.3. The van der Waals surface area contributed by atoms with Crippen molar-refractivity contribution in [1.82, 2.24) is 0 Å². The Morgan fingerprint density at radius 3 is 0.861 bits per heavy atom. The van der Waals surface area contributed by atoms with Gasteiger partial charge in [0.1, 0.15) is 0 Å². The van der Waals surface area contributed by atoms with E-state index in [1.54, 1.807) is 18.2 Å². The lowest BCUT2D eigenvalue weighted by molar-refractivity contribution is 0.0127. The number of benzene rings is 3. The molecule has 192 valence electrons. The second kappa shape index (κ2) is 10.8. The molecule has 3 aromatic rings. The van der Waals surface area contributed by atoms with E-state index in [2.05, 4.69) is 0 Å². The van der Waals surface area contributed by atoms with Crippen molar-refractivity contribution in [3.05, 3.63) is 91.0 Å². The van der Waals surface area contributed by atoms with E-state index < -0.39 is 48.7 Å². The molecule has 36 heavy (non-hydrogen) atoms. The van der Waals surface area contributed by atoms with Crippen LogP contribution in [0.1, 0.15) is 19.3 Å². The van der Waals surface area contributed by atoms with Gasteiger partial charge in [-0.1, -0.05) is 54.6 Å². The third kappa shape index (κ3) is 6.58. The van der Waals surface area contributed by atoms with Crippen LogP contribution >= 0.6 is 0 Å². The number of hydrogen-bond acceptors (Lipinski definition) is 9. The van der Waals surface area contributed by atoms with Crippen LogP contribution in [-0.2, 0) is 42.9 Å². The third-order valence-corrected chi connectivity index (χ3v) is 9.59. The standard InChI is InChI=1S/C24H24O9S3/c25-34(26,22-10-4-1-5-11-22)31-19-16-20(32-35(27,28)23-12-6-2-7-13-23)18-21(17-19)33-36(29,30)24-14-8-3-9-15-24/h1-15,19-21H,16-18H2. The fraction of sp³-hybridized carbons (Fsp3) is 0.250. The summed E-state index contributed by atoms with van der Waals surface area (Å²) in [5.41, 5.74) is 0. The van der Waals surface area contributed by atoms with E-state index in [0.717, 1.165) is 0 Å². The van der Waals surface area contributed by atoms with Gasteiger partial charge in [-0.15, -0.1) is 0 Å². The fourth-order valence-corrected chi connectivity index (χ4v) is 7.22. The lowest BCUT2D eigenvalue weighted by Gasteiger charge is -2.33. The zero-order chi connectivity index (χ0) is 25.8. The van der Waals surface area contributed by atoms with Gasteiger partial charge in [0.15, 0.2) is 0 Å². The molecule has 0 atom stereocenters. The van der Waals surface area contributed by atoms with Crippen molar-refractivity contribution in [2.24, 2.45) is 0 Å². The van der Waals surface area contributed by atoms with Crippen molar-refractivity contribution in [1.29, 1.82) is 0 Å². The van der Waals surface area contributed by atoms with Crippen LogP contribution in [0.3, 0.4) is 0 Å². The molecule has 1 saturated carbocycles. The first-order valence-electron chi connectivity index (χ1n) is 11.0. The highest BCUT2D eigenvalue weighted by molar-refractivity contribution is 7.87. The summed E-state index contributed by atoms with van der Waals surface area (Å²) in [6.45, 7) is 0. The minimum atomic E-state index is -4.21. The predicted octanol–water partition coefficient (Wildman–Crippen LogP) is 3.49. The summed E-state index contributed by atoms with van der Waals surface area (Å²) in [5, 5.41) is 0. The Balaban J connectivity index is 1.58. The minimum Gasteiger partial charge on any atom is -0.263 e. The summed E-state index contributed by atoms with van der Waals surface area (Å²) in [7, 11) is -12.6. The molecule has 0 spiro atoms. The molecule has 0 saturated heterocycles.